The summed E-state index contributed by atoms with van der Waals surface area (Å²) in [7, 11) is 1.60. The maximum atomic E-state index is 12.2. The molecule has 0 saturated carbocycles. The molecule has 98 valence electrons. The molecule has 0 aromatic heterocycles. The largest absolute Gasteiger partial charge is 0.380 e. The summed E-state index contributed by atoms with van der Waals surface area (Å²) in [6.07, 6.45) is 3.13. The van der Waals surface area contributed by atoms with Crippen molar-refractivity contribution >= 4 is 12.1 Å². The molecule has 0 spiro atoms. The Morgan fingerprint density at radius 2 is 1.94 bits per heavy atom. The summed E-state index contributed by atoms with van der Waals surface area (Å²) in [4.78, 5) is 23.1. The van der Waals surface area contributed by atoms with Crippen LogP contribution in [0.1, 0.15) is 34.1 Å². The van der Waals surface area contributed by atoms with E-state index < -0.39 is 5.41 Å². The summed E-state index contributed by atoms with van der Waals surface area (Å²) in [6.45, 7) is 10.8. The van der Waals surface area contributed by atoms with Crippen LogP contribution < -0.4 is 0 Å². The van der Waals surface area contributed by atoms with Crippen LogP contribution in [0.3, 0.4) is 0 Å². The van der Waals surface area contributed by atoms with Gasteiger partial charge in [0.25, 0.3) is 0 Å². The van der Waals surface area contributed by atoms with Gasteiger partial charge in [-0.3, -0.25) is 4.79 Å². The van der Waals surface area contributed by atoms with Crippen LogP contribution >= 0.6 is 0 Å². The highest BCUT2D eigenvalue weighted by atomic mass is 16.5. The highest BCUT2D eigenvalue weighted by molar-refractivity contribution is 5.98. The summed E-state index contributed by atoms with van der Waals surface area (Å²) >= 11 is 0. The molecule has 0 rings (SSSR count). The van der Waals surface area contributed by atoms with Gasteiger partial charge in [-0.25, -0.2) is 0 Å². The minimum Gasteiger partial charge on any atom is -0.380 e. The molecule has 3 nitrogen and oxygen atoms in total. The van der Waals surface area contributed by atoms with Crippen LogP contribution in [0.25, 0.3) is 0 Å². The highest BCUT2D eigenvalue weighted by Crippen LogP contribution is 2.26. The van der Waals surface area contributed by atoms with Gasteiger partial charge in [0.05, 0.1) is 11.5 Å². The first-order chi connectivity index (χ1) is 7.81. The van der Waals surface area contributed by atoms with E-state index in [-0.39, 0.29) is 23.7 Å². The first-order valence-electron chi connectivity index (χ1n) is 5.96. The van der Waals surface area contributed by atoms with Crippen LogP contribution in [0.4, 0.5) is 0 Å². The van der Waals surface area contributed by atoms with Crippen molar-refractivity contribution in [2.45, 2.75) is 40.2 Å². The van der Waals surface area contributed by atoms with Gasteiger partial charge in [-0.15, -0.1) is 6.58 Å². The number of rotatable bonds is 8. The van der Waals surface area contributed by atoms with Gasteiger partial charge in [0, 0.05) is 13.0 Å². The summed E-state index contributed by atoms with van der Waals surface area (Å²) < 4.78 is 5.40. The maximum Gasteiger partial charge on any atom is 0.150 e. The average Bonchev–Trinajstić information content (AvgIpc) is 2.29. The average molecular weight is 240 g/mol. The molecule has 0 aliphatic carbocycles. The molecule has 0 unspecified atom stereocenters. The number of aldehydes is 1. The van der Waals surface area contributed by atoms with E-state index in [0.717, 1.165) is 6.42 Å². The smallest absolute Gasteiger partial charge is 0.150 e. The molecular weight excluding hydrogens is 216 g/mol. The van der Waals surface area contributed by atoms with Gasteiger partial charge in [0.15, 0.2) is 5.78 Å². The summed E-state index contributed by atoms with van der Waals surface area (Å²) in [5.74, 6) is -0.163. The van der Waals surface area contributed by atoms with Gasteiger partial charge in [-0.05, 0) is 26.2 Å². The molecule has 3 atom stereocenters. The van der Waals surface area contributed by atoms with Gasteiger partial charge in [-0.2, -0.15) is 0 Å². The predicted octanol–water partition coefficient (Wildman–Crippen LogP) is 2.64. The summed E-state index contributed by atoms with van der Waals surface area (Å²) in [5.41, 5.74) is -0.940. The zero-order valence-corrected chi connectivity index (χ0v) is 11.5. The van der Waals surface area contributed by atoms with Crippen molar-refractivity contribution < 1.29 is 14.3 Å². The van der Waals surface area contributed by atoms with E-state index in [4.69, 9.17) is 4.74 Å². The quantitative estimate of drug-likeness (QED) is 0.372. The number of methoxy groups -OCH3 is 1. The van der Waals surface area contributed by atoms with Gasteiger partial charge in [-0.1, -0.05) is 19.9 Å². The van der Waals surface area contributed by atoms with Crippen LogP contribution in [-0.2, 0) is 14.3 Å². The summed E-state index contributed by atoms with van der Waals surface area (Å²) in [6, 6.07) is 0. The van der Waals surface area contributed by atoms with Crippen LogP contribution in [0.5, 0.6) is 0 Å². The van der Waals surface area contributed by atoms with Crippen molar-refractivity contribution in [2.24, 2.45) is 17.3 Å². The van der Waals surface area contributed by atoms with Crippen molar-refractivity contribution in [1.29, 1.82) is 0 Å². The zero-order chi connectivity index (χ0) is 13.6. The fourth-order valence-corrected chi connectivity index (χ4v) is 2.12. The second-order valence-electron chi connectivity index (χ2n) is 5.19. The molecule has 0 radical (unpaired) electrons. The number of ketones is 1. The van der Waals surface area contributed by atoms with Crippen molar-refractivity contribution in [2.75, 3.05) is 7.11 Å². The standard InChI is InChI=1S/C14H24O3/c1-7-8-10(2)12(17-6)11(3)13(16)14(4,5)9-15/h7,9-12H,1,8H2,2-6H3/t10-,11+,12-/m0/s1. The molecule has 0 bridgehead atoms. The first-order valence-corrected chi connectivity index (χ1v) is 5.96. The summed E-state index contributed by atoms with van der Waals surface area (Å²) in [5, 5.41) is 0. The Morgan fingerprint density at radius 3 is 2.29 bits per heavy atom. The van der Waals surface area contributed by atoms with Gasteiger partial charge in [0.2, 0.25) is 0 Å². The van der Waals surface area contributed by atoms with Crippen molar-refractivity contribution in [1.82, 2.24) is 0 Å². The monoisotopic (exact) mass is 240 g/mol. The van der Waals surface area contributed by atoms with Gasteiger partial charge in [0.1, 0.15) is 6.29 Å². The Labute approximate surface area is 104 Å². The number of carbonyl (C=O) groups is 2. The zero-order valence-electron chi connectivity index (χ0n) is 11.5. The normalized spacial score (nSPS) is 17.0. The molecule has 0 amide bonds. The topological polar surface area (TPSA) is 43.4 Å². The van der Waals surface area contributed by atoms with Crippen LogP contribution in [-0.4, -0.2) is 25.3 Å². The molecule has 0 aromatic rings. The van der Waals surface area contributed by atoms with E-state index in [9.17, 15) is 9.59 Å². The van der Waals surface area contributed by atoms with E-state index in [1.54, 1.807) is 21.0 Å². The Hall–Kier alpha value is -0.960. The van der Waals surface area contributed by atoms with E-state index in [0.29, 0.717) is 6.29 Å². The second-order valence-corrected chi connectivity index (χ2v) is 5.19. The Bertz CT molecular complexity index is 281. The molecule has 0 fully saturated rings. The molecule has 17 heavy (non-hydrogen) atoms. The fourth-order valence-electron chi connectivity index (χ4n) is 2.12. The van der Waals surface area contributed by atoms with Crippen molar-refractivity contribution in [3.8, 4) is 0 Å². The molecule has 3 heteroatoms. The van der Waals surface area contributed by atoms with Gasteiger partial charge < -0.3 is 9.53 Å². The molecular formula is C14H24O3. The Morgan fingerprint density at radius 1 is 1.41 bits per heavy atom. The molecule has 0 aromatic carbocycles. The third kappa shape index (κ3) is 4.08. The van der Waals surface area contributed by atoms with Crippen LogP contribution in [0, 0.1) is 17.3 Å². The third-order valence-electron chi connectivity index (χ3n) is 3.21. The SMILES string of the molecule is C=CC[C@H](C)[C@H](OC)[C@@H](C)C(=O)C(C)(C)C=O. The molecule has 0 aliphatic heterocycles. The lowest BCUT2D eigenvalue weighted by molar-refractivity contribution is -0.140. The Kier molecular flexibility index (Phi) is 6.32. The number of Topliss-reactive ketones (excluding diaryl/α,β-unsaturated/α-hetero) is 1. The minimum absolute atomic E-state index is 0.0738. The number of hydrogen-bond donors (Lipinski definition) is 0. The lowest BCUT2D eigenvalue weighted by Crippen LogP contribution is -2.40. The lowest BCUT2D eigenvalue weighted by Gasteiger charge is -2.30. The van der Waals surface area contributed by atoms with Gasteiger partial charge >= 0.3 is 0 Å². The number of allylic oxidation sites excluding steroid dienone is 1. The number of ether oxygens (including phenoxy) is 1. The van der Waals surface area contributed by atoms with E-state index in [1.807, 2.05) is 19.9 Å². The Balaban J connectivity index is 4.86. The number of carbonyl (C=O) groups excluding carboxylic acids is 2. The van der Waals surface area contributed by atoms with Crippen LogP contribution in [0.15, 0.2) is 12.7 Å². The van der Waals surface area contributed by atoms with Crippen molar-refractivity contribution in [3.63, 3.8) is 0 Å². The predicted molar refractivity (Wildman–Crippen MR) is 68.8 cm³/mol. The first kappa shape index (κ1) is 16.0. The van der Waals surface area contributed by atoms with E-state index in [2.05, 4.69) is 6.58 Å². The van der Waals surface area contributed by atoms with Crippen molar-refractivity contribution in [3.05, 3.63) is 12.7 Å². The fraction of sp³-hybridized carbons (Fsp3) is 0.714. The molecule has 0 N–H and O–H groups in total. The van der Waals surface area contributed by atoms with E-state index in [1.165, 1.54) is 0 Å². The molecule has 0 saturated heterocycles. The third-order valence-corrected chi connectivity index (χ3v) is 3.21. The number of hydrogen-bond acceptors (Lipinski definition) is 3. The van der Waals surface area contributed by atoms with E-state index >= 15 is 0 Å². The maximum absolute atomic E-state index is 12.2. The second kappa shape index (κ2) is 6.70. The van der Waals surface area contributed by atoms with Crippen LogP contribution in [0.2, 0.25) is 0 Å². The minimum atomic E-state index is -0.940. The highest BCUT2D eigenvalue weighted by Gasteiger charge is 2.36. The lowest BCUT2D eigenvalue weighted by atomic mass is 9.78. The molecule has 0 aliphatic rings. The molecule has 0 heterocycles.